The number of carbonyl (C=O) groups excluding carboxylic acids is 1. The number of carbonyl (C=O) groups is 1. The Morgan fingerprint density at radius 2 is 2.44 bits per heavy atom. The van der Waals surface area contributed by atoms with E-state index in [0.717, 1.165) is 5.75 Å². The third-order valence-electron chi connectivity index (χ3n) is 0.805. The Labute approximate surface area is 59.4 Å². The van der Waals surface area contributed by atoms with Gasteiger partial charge in [-0.3, -0.25) is 0 Å². The highest BCUT2D eigenvalue weighted by Crippen LogP contribution is 1.94. The maximum atomic E-state index is 10.2. The first-order chi connectivity index (χ1) is 4.16. The van der Waals surface area contributed by atoms with Crippen molar-refractivity contribution in [2.45, 2.75) is 13.0 Å². The van der Waals surface area contributed by atoms with Crippen LogP contribution >= 0.6 is 11.8 Å². The van der Waals surface area contributed by atoms with Crippen LogP contribution in [0.5, 0.6) is 0 Å². The third kappa shape index (κ3) is 5.49. The summed E-state index contributed by atoms with van der Waals surface area (Å²) in [7, 11) is 0. The summed E-state index contributed by atoms with van der Waals surface area (Å²) < 4.78 is 0. The predicted octanol–water partition coefficient (Wildman–Crippen LogP) is 0.406. The first kappa shape index (κ1) is 8.62. The average molecular weight is 148 g/mol. The minimum Gasteiger partial charge on any atom is -0.352 e. The number of urea groups is 1. The summed E-state index contributed by atoms with van der Waals surface area (Å²) in [5.41, 5.74) is 4.86. The summed E-state index contributed by atoms with van der Waals surface area (Å²) in [6.45, 7) is 1.92. The monoisotopic (exact) mass is 148 g/mol. The van der Waals surface area contributed by atoms with E-state index in [-0.39, 0.29) is 6.04 Å². The molecule has 0 radical (unpaired) electrons. The molecule has 0 aliphatic rings. The molecule has 0 rings (SSSR count). The molecule has 0 heterocycles. The van der Waals surface area contributed by atoms with Crippen LogP contribution in [0, 0.1) is 0 Å². The lowest BCUT2D eigenvalue weighted by atomic mass is 10.4. The molecular weight excluding hydrogens is 136 g/mol. The van der Waals surface area contributed by atoms with Gasteiger partial charge in [0, 0.05) is 11.8 Å². The van der Waals surface area contributed by atoms with Crippen molar-refractivity contribution in [1.29, 1.82) is 0 Å². The Bertz CT molecular complexity index is 97.0. The molecule has 0 bridgehead atoms. The number of primary amides is 1. The molecule has 0 aliphatic carbocycles. The van der Waals surface area contributed by atoms with Crippen LogP contribution in [0.25, 0.3) is 0 Å². The van der Waals surface area contributed by atoms with Crippen LogP contribution in [0.15, 0.2) is 0 Å². The van der Waals surface area contributed by atoms with Crippen LogP contribution in [-0.4, -0.2) is 24.1 Å². The second kappa shape index (κ2) is 4.49. The number of thioether (sulfide) groups is 1. The molecule has 54 valence electrons. The summed E-state index contributed by atoms with van der Waals surface area (Å²) >= 11 is 1.68. The third-order valence-corrected chi connectivity index (χ3v) is 1.64. The van der Waals surface area contributed by atoms with E-state index in [4.69, 9.17) is 5.73 Å². The minimum absolute atomic E-state index is 0.178. The lowest BCUT2D eigenvalue weighted by molar-refractivity contribution is 0.247. The Kier molecular flexibility index (Phi) is 4.30. The molecule has 1 atom stereocenters. The molecule has 0 saturated carbocycles. The van der Waals surface area contributed by atoms with Crippen molar-refractivity contribution in [1.82, 2.24) is 5.32 Å². The summed E-state index contributed by atoms with van der Waals surface area (Å²) in [6.07, 6.45) is 1.99. The molecule has 0 spiro atoms. The van der Waals surface area contributed by atoms with Crippen molar-refractivity contribution in [3.63, 3.8) is 0 Å². The van der Waals surface area contributed by atoms with Crippen LogP contribution in [0.2, 0.25) is 0 Å². The van der Waals surface area contributed by atoms with E-state index < -0.39 is 6.03 Å². The van der Waals surface area contributed by atoms with Gasteiger partial charge in [0.25, 0.3) is 0 Å². The van der Waals surface area contributed by atoms with E-state index in [0.29, 0.717) is 0 Å². The molecule has 1 unspecified atom stereocenters. The van der Waals surface area contributed by atoms with E-state index in [9.17, 15) is 4.79 Å². The SMILES string of the molecule is CSCC(C)NC(N)=O. The van der Waals surface area contributed by atoms with Gasteiger partial charge in [0.2, 0.25) is 0 Å². The van der Waals surface area contributed by atoms with Gasteiger partial charge < -0.3 is 11.1 Å². The van der Waals surface area contributed by atoms with E-state index in [1.165, 1.54) is 0 Å². The fourth-order valence-electron chi connectivity index (χ4n) is 0.535. The largest absolute Gasteiger partial charge is 0.352 e. The molecule has 3 N–H and O–H groups in total. The van der Waals surface area contributed by atoms with Crippen molar-refractivity contribution in [3.05, 3.63) is 0 Å². The van der Waals surface area contributed by atoms with Crippen molar-refractivity contribution >= 4 is 17.8 Å². The van der Waals surface area contributed by atoms with Crippen molar-refractivity contribution in [3.8, 4) is 0 Å². The number of hydrogen-bond acceptors (Lipinski definition) is 2. The quantitative estimate of drug-likeness (QED) is 0.609. The highest BCUT2D eigenvalue weighted by molar-refractivity contribution is 7.98. The van der Waals surface area contributed by atoms with E-state index in [1.54, 1.807) is 11.8 Å². The van der Waals surface area contributed by atoms with Crippen LogP contribution < -0.4 is 11.1 Å². The molecule has 2 amide bonds. The molecule has 0 aromatic rings. The van der Waals surface area contributed by atoms with Gasteiger partial charge in [-0.15, -0.1) is 0 Å². The second-order valence-electron chi connectivity index (χ2n) is 1.86. The number of rotatable bonds is 3. The molecule has 0 aliphatic heterocycles. The molecule has 3 nitrogen and oxygen atoms in total. The van der Waals surface area contributed by atoms with Crippen LogP contribution in [0.1, 0.15) is 6.92 Å². The summed E-state index contributed by atoms with van der Waals surface area (Å²) in [6, 6.07) is -0.269. The summed E-state index contributed by atoms with van der Waals surface area (Å²) in [5, 5.41) is 2.56. The van der Waals surface area contributed by atoms with E-state index in [2.05, 4.69) is 5.32 Å². The van der Waals surface area contributed by atoms with Gasteiger partial charge in [-0.2, -0.15) is 11.8 Å². The van der Waals surface area contributed by atoms with Gasteiger partial charge in [-0.05, 0) is 13.2 Å². The van der Waals surface area contributed by atoms with Gasteiger partial charge >= 0.3 is 6.03 Å². The molecule has 4 heteroatoms. The lowest BCUT2D eigenvalue weighted by Gasteiger charge is -2.08. The van der Waals surface area contributed by atoms with Gasteiger partial charge in [0.05, 0.1) is 0 Å². The zero-order valence-electron chi connectivity index (χ0n) is 5.68. The van der Waals surface area contributed by atoms with Crippen LogP contribution in [0.3, 0.4) is 0 Å². The molecule has 0 saturated heterocycles. The fraction of sp³-hybridized carbons (Fsp3) is 0.800. The second-order valence-corrected chi connectivity index (χ2v) is 2.78. The van der Waals surface area contributed by atoms with Crippen molar-refractivity contribution in [2.75, 3.05) is 12.0 Å². The molecular formula is C5H12N2OS. The summed E-state index contributed by atoms with van der Waals surface area (Å²) in [4.78, 5) is 10.2. The maximum Gasteiger partial charge on any atom is 0.312 e. The van der Waals surface area contributed by atoms with Crippen LogP contribution in [0.4, 0.5) is 4.79 Å². The Morgan fingerprint density at radius 1 is 1.89 bits per heavy atom. The average Bonchev–Trinajstić information content (AvgIpc) is 1.63. The smallest absolute Gasteiger partial charge is 0.312 e. The van der Waals surface area contributed by atoms with E-state index >= 15 is 0 Å². The highest BCUT2D eigenvalue weighted by Gasteiger charge is 2.00. The maximum absolute atomic E-state index is 10.2. The number of nitrogens with one attached hydrogen (secondary N) is 1. The lowest BCUT2D eigenvalue weighted by Crippen LogP contribution is -2.38. The molecule has 0 aromatic carbocycles. The molecule has 0 aromatic heterocycles. The highest BCUT2D eigenvalue weighted by atomic mass is 32.2. The molecule has 9 heavy (non-hydrogen) atoms. The first-order valence-electron chi connectivity index (χ1n) is 2.71. The van der Waals surface area contributed by atoms with Gasteiger partial charge in [0.15, 0.2) is 0 Å². The van der Waals surface area contributed by atoms with Crippen LogP contribution in [-0.2, 0) is 0 Å². The Balaban J connectivity index is 3.26. The minimum atomic E-state index is -0.448. The van der Waals surface area contributed by atoms with Gasteiger partial charge in [0.1, 0.15) is 0 Å². The first-order valence-corrected chi connectivity index (χ1v) is 4.11. The predicted molar refractivity (Wildman–Crippen MR) is 40.6 cm³/mol. The zero-order chi connectivity index (χ0) is 7.28. The molecule has 0 fully saturated rings. The zero-order valence-corrected chi connectivity index (χ0v) is 6.49. The summed E-state index contributed by atoms with van der Waals surface area (Å²) in [5.74, 6) is 0.906. The van der Waals surface area contributed by atoms with Gasteiger partial charge in [-0.1, -0.05) is 0 Å². The number of nitrogens with two attached hydrogens (primary N) is 1. The topological polar surface area (TPSA) is 55.1 Å². The number of amides is 2. The fourth-order valence-corrected chi connectivity index (χ4v) is 1.12. The van der Waals surface area contributed by atoms with Gasteiger partial charge in [-0.25, -0.2) is 4.79 Å². The Hall–Kier alpha value is -0.380. The Morgan fingerprint density at radius 3 is 2.78 bits per heavy atom. The van der Waals surface area contributed by atoms with Crippen molar-refractivity contribution < 1.29 is 4.79 Å². The normalized spacial score (nSPS) is 12.7. The van der Waals surface area contributed by atoms with E-state index in [1.807, 2.05) is 13.2 Å². The number of hydrogen-bond donors (Lipinski definition) is 2. The van der Waals surface area contributed by atoms with Crippen molar-refractivity contribution in [2.24, 2.45) is 5.73 Å². The standard InChI is InChI=1S/C5H12N2OS/c1-4(3-9-2)7-5(6)8/h4H,3H2,1-2H3,(H3,6,7,8).